The van der Waals surface area contributed by atoms with E-state index in [9.17, 15) is 38.4 Å². The van der Waals surface area contributed by atoms with E-state index in [-0.39, 0.29) is 43.5 Å². The minimum atomic E-state index is -1.34. The van der Waals surface area contributed by atoms with Gasteiger partial charge in [-0.2, -0.15) is 0 Å². The Hall–Kier alpha value is -6.20. The third-order valence-corrected chi connectivity index (χ3v) is 10.3. The number of hydrogen-bond acceptors (Lipinski definition) is 10. The van der Waals surface area contributed by atoms with E-state index in [0.29, 0.717) is 42.7 Å². The molecule has 8 amide bonds. The molecule has 4 atom stereocenters. The van der Waals surface area contributed by atoms with Crippen molar-refractivity contribution in [3.63, 3.8) is 0 Å². The number of primary amides is 1. The number of hydrogen-bond donors (Lipinski definition) is 7. The number of urea groups is 1. The maximum atomic E-state index is 14.6. The van der Waals surface area contributed by atoms with Crippen molar-refractivity contribution in [1.82, 2.24) is 31.5 Å². The van der Waals surface area contributed by atoms with Crippen LogP contribution >= 0.6 is 0 Å². The second kappa shape index (κ2) is 22.8. The van der Waals surface area contributed by atoms with E-state index in [0.717, 1.165) is 19.3 Å². The number of Topliss-reactive ketones (excluding diaryl/α,β-unsaturated/α-hetero) is 1. The van der Waals surface area contributed by atoms with Gasteiger partial charge in [0.05, 0.1) is 32.3 Å². The Bertz CT molecular complexity index is 1840. The Morgan fingerprint density at radius 1 is 0.950 bits per heavy atom. The molecule has 0 bridgehead atoms. The van der Waals surface area contributed by atoms with Gasteiger partial charge in [0.2, 0.25) is 23.5 Å². The molecule has 3 aliphatic rings. The van der Waals surface area contributed by atoms with Crippen molar-refractivity contribution in [2.24, 2.45) is 17.6 Å². The van der Waals surface area contributed by atoms with Crippen LogP contribution < -0.4 is 42.4 Å². The fourth-order valence-electron chi connectivity index (χ4n) is 7.31. The summed E-state index contributed by atoms with van der Waals surface area (Å²) in [5.74, 6) is -4.78. The molecule has 1 aromatic rings. The summed E-state index contributed by atoms with van der Waals surface area (Å²) in [5.41, 5.74) is 6.25. The summed E-state index contributed by atoms with van der Waals surface area (Å²) < 4.78 is 10.6. The Morgan fingerprint density at radius 3 is 2.28 bits per heavy atom. The normalized spacial score (nSPS) is 19.3. The van der Waals surface area contributed by atoms with Gasteiger partial charge in [-0.05, 0) is 73.8 Å². The smallest absolute Gasteiger partial charge is 0.407 e. The summed E-state index contributed by atoms with van der Waals surface area (Å²) in [6.07, 6.45) is 10.8. The van der Waals surface area contributed by atoms with Gasteiger partial charge in [-0.25, -0.2) is 9.59 Å². The molecule has 1 heterocycles. The number of nitrogens with zero attached hydrogens (tertiary/aromatic N) is 1. The lowest BCUT2D eigenvalue weighted by Crippen LogP contribution is -2.58. The number of ether oxygens (including phenoxy) is 2. The predicted molar refractivity (Wildman–Crippen MR) is 221 cm³/mol. The maximum absolute atomic E-state index is 14.6. The van der Waals surface area contributed by atoms with Crippen molar-refractivity contribution < 1.29 is 47.8 Å². The fourth-order valence-corrected chi connectivity index (χ4v) is 7.31. The number of methoxy groups -OCH3 is 1. The first-order valence-electron chi connectivity index (χ1n) is 20.4. The topological polar surface area (TPSA) is 256 Å². The molecule has 18 heteroatoms. The first-order valence-corrected chi connectivity index (χ1v) is 20.4. The first-order chi connectivity index (χ1) is 28.7. The van der Waals surface area contributed by atoms with E-state index in [1.54, 1.807) is 55.5 Å². The molecular weight excluding hydrogens is 777 g/mol. The summed E-state index contributed by atoms with van der Waals surface area (Å²) in [4.78, 5) is 108. The quantitative estimate of drug-likeness (QED) is 0.0840. The molecule has 326 valence electrons. The van der Waals surface area contributed by atoms with Gasteiger partial charge in [0.25, 0.3) is 11.8 Å². The van der Waals surface area contributed by atoms with Crippen molar-refractivity contribution in [2.45, 2.75) is 103 Å². The largest absolute Gasteiger partial charge is 0.497 e. The summed E-state index contributed by atoms with van der Waals surface area (Å²) in [6.45, 7) is 4.87. The molecule has 0 radical (unpaired) electrons. The lowest BCUT2D eigenvalue weighted by Gasteiger charge is -2.34. The number of amides is 8. The molecule has 1 saturated carbocycles. The molecule has 1 unspecified atom stereocenters. The lowest BCUT2D eigenvalue weighted by atomic mass is 9.83. The minimum Gasteiger partial charge on any atom is -0.497 e. The van der Waals surface area contributed by atoms with Crippen LogP contribution in [0.15, 0.2) is 59.8 Å². The highest BCUT2D eigenvalue weighted by Crippen LogP contribution is 2.30. The number of allylic oxidation sites excluding steroid dienone is 5. The van der Waals surface area contributed by atoms with Gasteiger partial charge in [-0.15, -0.1) is 0 Å². The van der Waals surface area contributed by atoms with Crippen LogP contribution in [0.2, 0.25) is 0 Å². The zero-order valence-electron chi connectivity index (χ0n) is 34.7. The number of carbonyl (C=O) groups is 8. The summed E-state index contributed by atoms with van der Waals surface area (Å²) >= 11 is 0. The Morgan fingerprint density at radius 2 is 1.67 bits per heavy atom. The summed E-state index contributed by atoms with van der Waals surface area (Å²) in [7, 11) is 1.52. The van der Waals surface area contributed by atoms with Gasteiger partial charge < -0.3 is 52.0 Å². The summed E-state index contributed by atoms with van der Waals surface area (Å²) in [6, 6.07) is 1.73. The zero-order chi connectivity index (χ0) is 43.8. The van der Waals surface area contributed by atoms with Gasteiger partial charge >= 0.3 is 12.1 Å². The molecule has 8 N–H and O–H groups in total. The number of anilines is 1. The molecule has 2 fully saturated rings. The number of benzene rings is 1. The zero-order valence-corrected chi connectivity index (χ0v) is 34.7. The number of carbonyl (C=O) groups excluding carboxylic acids is 8. The highest BCUT2D eigenvalue weighted by molar-refractivity contribution is 6.38. The molecule has 2 aliphatic carbocycles. The van der Waals surface area contributed by atoms with Crippen molar-refractivity contribution >= 4 is 53.1 Å². The molecule has 18 nitrogen and oxygen atoms in total. The van der Waals surface area contributed by atoms with Gasteiger partial charge in [0.15, 0.2) is 0 Å². The van der Waals surface area contributed by atoms with E-state index < -0.39 is 78.2 Å². The predicted octanol–water partition coefficient (Wildman–Crippen LogP) is 2.46. The molecule has 60 heavy (non-hydrogen) atoms. The molecule has 0 aromatic heterocycles. The fraction of sp³-hybridized carbons (Fsp3) is 0.524. The third kappa shape index (κ3) is 13.7. The van der Waals surface area contributed by atoms with Gasteiger partial charge in [0, 0.05) is 12.2 Å². The molecule has 0 spiro atoms. The van der Waals surface area contributed by atoms with E-state index >= 15 is 0 Å². The van der Waals surface area contributed by atoms with Gasteiger partial charge in [0.1, 0.15) is 23.5 Å². The van der Waals surface area contributed by atoms with E-state index in [1.165, 1.54) is 12.0 Å². The van der Waals surface area contributed by atoms with Crippen LogP contribution in [0.5, 0.6) is 5.75 Å². The van der Waals surface area contributed by atoms with Crippen molar-refractivity contribution in [2.75, 3.05) is 32.1 Å². The Kier molecular flexibility index (Phi) is 17.7. The van der Waals surface area contributed by atoms with Crippen LogP contribution in [0.25, 0.3) is 0 Å². The number of likely N-dealkylation sites (tertiary alicyclic amines) is 1. The molecule has 4 rings (SSSR count). The average Bonchev–Trinajstić information content (AvgIpc) is 3.66. The second-order valence-electron chi connectivity index (χ2n) is 15.5. The van der Waals surface area contributed by atoms with Crippen LogP contribution in [0.1, 0.15) is 78.6 Å². The average molecular weight is 835 g/mol. The van der Waals surface area contributed by atoms with Crippen LogP contribution in [-0.4, -0.2) is 103 Å². The van der Waals surface area contributed by atoms with Crippen LogP contribution in [0, 0.1) is 11.8 Å². The molecule has 1 aromatic carbocycles. The van der Waals surface area contributed by atoms with E-state index in [1.807, 2.05) is 13.8 Å². The Labute approximate surface area is 349 Å². The van der Waals surface area contributed by atoms with Gasteiger partial charge in [-0.3, -0.25) is 28.8 Å². The number of nitrogens with one attached hydrogen (secondary N) is 6. The standard InChI is InChI=1S/C42H58N8O10/c1-5-12-31(36(52)39(55)44-22-33(51)48-34(37(43)53)26-13-8-6-9-14-26)47-38(54)32-21-29(46-41(57)45-28-17-19-30(59-4)20-18-28)23-50(32)40(56)35(27-15-10-7-11-16-27)49-42(58)60-24-25(2)3/h6,8-9,13,17-20,25,27,29,31-32,35H,5,7,10-12,14-16,21-24H2,1-4H3,(H2,43,53)(H,44,55)(H,47,54)(H,48,51)(H,49,58)(H2,45,46,57)/t29-,31?,32+,35+/m1/s1. The molecule has 1 aliphatic heterocycles. The van der Waals surface area contributed by atoms with Crippen LogP contribution in [0.4, 0.5) is 15.3 Å². The highest BCUT2D eigenvalue weighted by atomic mass is 16.5. The van der Waals surface area contributed by atoms with Crippen molar-refractivity contribution in [3.05, 3.63) is 59.8 Å². The monoisotopic (exact) mass is 834 g/mol. The van der Waals surface area contributed by atoms with Crippen LogP contribution in [0.3, 0.4) is 0 Å². The maximum Gasteiger partial charge on any atom is 0.407 e. The number of alkyl carbamates (subject to hydrolysis) is 1. The second-order valence-corrected chi connectivity index (χ2v) is 15.5. The first kappa shape index (κ1) is 46.5. The highest BCUT2D eigenvalue weighted by Gasteiger charge is 2.45. The molecule has 1 saturated heterocycles. The SMILES string of the molecule is CCCC(NC(=O)[C@@H]1C[C@@H](NC(=O)Nc2ccc(OC)cc2)CN1C(=O)[C@@H](NC(=O)OCC(C)C)C1CCCCC1)C(=O)C(=O)NCC(=O)NC(C(N)=O)=C1C=CC=CC1. The minimum absolute atomic E-state index is 0.0442. The number of nitrogens with two attached hydrogens (primary N) is 1. The number of ketones is 1. The molecular formula is C42H58N8O10. The third-order valence-electron chi connectivity index (χ3n) is 10.3. The van der Waals surface area contributed by atoms with E-state index in [2.05, 4.69) is 31.9 Å². The van der Waals surface area contributed by atoms with Crippen molar-refractivity contribution in [1.29, 1.82) is 0 Å². The summed E-state index contributed by atoms with van der Waals surface area (Å²) in [5, 5.41) is 15.6. The van der Waals surface area contributed by atoms with Gasteiger partial charge in [-0.1, -0.05) is 70.8 Å². The van der Waals surface area contributed by atoms with E-state index in [4.69, 9.17) is 15.2 Å². The van der Waals surface area contributed by atoms with Crippen molar-refractivity contribution in [3.8, 4) is 5.75 Å². The lowest BCUT2D eigenvalue weighted by molar-refractivity contribution is -0.143. The van der Waals surface area contributed by atoms with Crippen LogP contribution in [-0.2, 0) is 33.5 Å². The number of rotatable bonds is 18. The Balaban J connectivity index is 1.51.